The summed E-state index contributed by atoms with van der Waals surface area (Å²) in [6.45, 7) is 0. The fraction of sp³-hybridized carbons (Fsp3) is 0.200. The van der Waals surface area contributed by atoms with Crippen LogP contribution in [0.1, 0.15) is 5.56 Å². The Labute approximate surface area is 57.7 Å². The lowest BCUT2D eigenvalue weighted by atomic mass is 10.4. The molecule has 5 heteroatoms. The number of halogens is 1. The zero-order valence-corrected chi connectivity index (χ0v) is 5.77. The number of hydrogen-bond acceptors (Lipinski definition) is 3. The van der Waals surface area contributed by atoms with Gasteiger partial charge in [0.05, 0.1) is 12.5 Å². The Balaban J connectivity index is 2.75. The molecule has 1 aromatic rings. The van der Waals surface area contributed by atoms with Crippen molar-refractivity contribution in [1.82, 2.24) is 0 Å². The first kappa shape index (κ1) is 7.27. The van der Waals surface area contributed by atoms with E-state index in [9.17, 15) is 12.3 Å². The Morgan fingerprint density at radius 3 is 2.70 bits per heavy atom. The van der Waals surface area contributed by atoms with Gasteiger partial charge in [0.25, 0.3) is 0 Å². The highest BCUT2D eigenvalue weighted by Gasteiger charge is 2.08. The van der Waals surface area contributed by atoms with Crippen LogP contribution in [0.25, 0.3) is 0 Å². The van der Waals surface area contributed by atoms with E-state index in [2.05, 4.69) is 4.42 Å². The van der Waals surface area contributed by atoms with Gasteiger partial charge in [0, 0.05) is 5.56 Å². The summed E-state index contributed by atoms with van der Waals surface area (Å²) < 4.78 is 36.4. The molecule has 0 saturated carbocycles. The zero-order chi connectivity index (χ0) is 7.61. The summed E-state index contributed by atoms with van der Waals surface area (Å²) in [5.74, 6) is -0.608. The maximum absolute atomic E-state index is 11.9. The van der Waals surface area contributed by atoms with Crippen molar-refractivity contribution in [1.29, 1.82) is 0 Å². The first-order valence-corrected chi connectivity index (χ1v) is 4.06. The average Bonchev–Trinajstić information content (AvgIpc) is 2.12. The van der Waals surface area contributed by atoms with Crippen molar-refractivity contribution in [2.24, 2.45) is 0 Å². The molecule has 0 aliphatic rings. The second kappa shape index (κ2) is 2.42. The molecular weight excluding hydrogens is 159 g/mol. The Kier molecular flexibility index (Phi) is 1.76. The summed E-state index contributed by atoms with van der Waals surface area (Å²) in [6.07, 6.45) is 2.48. The third-order valence-electron chi connectivity index (χ3n) is 0.919. The van der Waals surface area contributed by atoms with E-state index in [1.807, 2.05) is 0 Å². The Morgan fingerprint density at radius 1 is 1.60 bits per heavy atom. The molecule has 0 aliphatic heterocycles. The third kappa shape index (κ3) is 2.18. The van der Waals surface area contributed by atoms with Gasteiger partial charge in [-0.1, -0.05) is 0 Å². The van der Waals surface area contributed by atoms with Crippen molar-refractivity contribution in [3.63, 3.8) is 0 Å². The van der Waals surface area contributed by atoms with E-state index in [-0.39, 0.29) is 0 Å². The smallest absolute Gasteiger partial charge is 0.306 e. The number of hydrogen-bond donors (Lipinski definition) is 0. The van der Waals surface area contributed by atoms with Gasteiger partial charge in [0.15, 0.2) is 0 Å². The van der Waals surface area contributed by atoms with Crippen LogP contribution in [0.4, 0.5) is 3.89 Å². The lowest BCUT2D eigenvalue weighted by molar-refractivity contribution is 0.547. The Bertz CT molecular complexity index is 287. The molecule has 0 N–H and O–H groups in total. The molecule has 1 rings (SSSR count). The molecule has 0 atom stereocenters. The minimum atomic E-state index is -4.41. The van der Waals surface area contributed by atoms with Crippen LogP contribution in [-0.2, 0) is 16.0 Å². The minimum absolute atomic E-state index is 0.322. The van der Waals surface area contributed by atoms with Gasteiger partial charge in [-0.05, 0) is 6.07 Å². The van der Waals surface area contributed by atoms with E-state index in [1.165, 1.54) is 18.6 Å². The van der Waals surface area contributed by atoms with Gasteiger partial charge in [-0.15, -0.1) is 3.89 Å². The normalized spacial score (nSPS) is 11.7. The van der Waals surface area contributed by atoms with Gasteiger partial charge < -0.3 is 4.42 Å². The van der Waals surface area contributed by atoms with E-state index in [0.717, 1.165) is 0 Å². The fourth-order valence-electron chi connectivity index (χ4n) is 0.574. The monoisotopic (exact) mass is 164 g/mol. The summed E-state index contributed by atoms with van der Waals surface area (Å²) in [6, 6.07) is 1.40. The lowest BCUT2D eigenvalue weighted by Gasteiger charge is -1.86. The van der Waals surface area contributed by atoms with Crippen molar-refractivity contribution in [2.75, 3.05) is 0 Å². The molecule has 10 heavy (non-hydrogen) atoms. The van der Waals surface area contributed by atoms with Crippen LogP contribution in [0.2, 0.25) is 0 Å². The van der Waals surface area contributed by atoms with E-state index in [1.54, 1.807) is 0 Å². The summed E-state index contributed by atoms with van der Waals surface area (Å²) in [5.41, 5.74) is 0.322. The minimum Gasteiger partial charge on any atom is -0.472 e. The number of rotatable bonds is 2. The SMILES string of the molecule is O=S(=O)(F)Cc1ccoc1. The lowest BCUT2D eigenvalue weighted by Crippen LogP contribution is -1.93. The van der Waals surface area contributed by atoms with E-state index >= 15 is 0 Å². The average molecular weight is 164 g/mol. The van der Waals surface area contributed by atoms with Crippen LogP contribution in [0.5, 0.6) is 0 Å². The molecule has 0 amide bonds. The molecule has 0 saturated heterocycles. The van der Waals surface area contributed by atoms with Gasteiger partial charge in [-0.2, -0.15) is 8.42 Å². The van der Waals surface area contributed by atoms with Crippen LogP contribution in [-0.4, -0.2) is 8.42 Å². The second-order valence-corrected chi connectivity index (χ2v) is 3.18. The van der Waals surface area contributed by atoms with Crippen molar-refractivity contribution in [2.45, 2.75) is 5.75 Å². The zero-order valence-electron chi connectivity index (χ0n) is 4.95. The molecule has 0 radical (unpaired) electrons. The summed E-state index contributed by atoms with van der Waals surface area (Å²) in [4.78, 5) is 0. The second-order valence-electron chi connectivity index (χ2n) is 1.81. The van der Waals surface area contributed by atoms with Crippen molar-refractivity contribution in [3.05, 3.63) is 24.2 Å². The van der Waals surface area contributed by atoms with Crippen molar-refractivity contribution >= 4 is 10.2 Å². The molecule has 0 aliphatic carbocycles. The first-order chi connectivity index (χ1) is 4.58. The summed E-state index contributed by atoms with van der Waals surface area (Å²) in [5, 5.41) is 0. The summed E-state index contributed by atoms with van der Waals surface area (Å²) >= 11 is 0. The van der Waals surface area contributed by atoms with Gasteiger partial charge >= 0.3 is 10.2 Å². The maximum Gasteiger partial charge on any atom is 0.306 e. The van der Waals surface area contributed by atoms with Gasteiger partial charge in [-0.25, -0.2) is 0 Å². The van der Waals surface area contributed by atoms with Gasteiger partial charge in [-0.3, -0.25) is 0 Å². The van der Waals surface area contributed by atoms with Crippen LogP contribution < -0.4 is 0 Å². The van der Waals surface area contributed by atoms with Crippen LogP contribution in [0.15, 0.2) is 23.0 Å². The first-order valence-electron chi connectivity index (χ1n) is 2.51. The maximum atomic E-state index is 11.9. The molecule has 0 bridgehead atoms. The largest absolute Gasteiger partial charge is 0.472 e. The van der Waals surface area contributed by atoms with Gasteiger partial charge in [0.2, 0.25) is 0 Å². The van der Waals surface area contributed by atoms with Crippen molar-refractivity contribution in [3.8, 4) is 0 Å². The Hall–Kier alpha value is -0.840. The highest BCUT2D eigenvalue weighted by atomic mass is 32.3. The Morgan fingerprint density at radius 2 is 2.30 bits per heavy atom. The van der Waals surface area contributed by atoms with Crippen LogP contribution in [0.3, 0.4) is 0 Å². The predicted molar refractivity (Wildman–Crippen MR) is 32.4 cm³/mol. The standard InChI is InChI=1S/C5H5FO3S/c6-10(7,8)4-5-1-2-9-3-5/h1-3H,4H2. The van der Waals surface area contributed by atoms with E-state index in [4.69, 9.17) is 0 Å². The molecule has 0 unspecified atom stereocenters. The molecule has 1 heterocycles. The fourth-order valence-corrected chi connectivity index (χ4v) is 1.14. The topological polar surface area (TPSA) is 47.3 Å². The van der Waals surface area contributed by atoms with E-state index in [0.29, 0.717) is 5.56 Å². The quantitative estimate of drug-likeness (QED) is 0.614. The predicted octanol–water partition coefficient (Wildman–Crippen LogP) is 1.08. The molecule has 3 nitrogen and oxygen atoms in total. The summed E-state index contributed by atoms with van der Waals surface area (Å²) in [7, 11) is -4.41. The third-order valence-corrected chi connectivity index (χ3v) is 1.60. The highest BCUT2D eigenvalue weighted by molar-refractivity contribution is 7.85. The molecular formula is C5H5FO3S. The van der Waals surface area contributed by atoms with Crippen LogP contribution >= 0.6 is 0 Å². The molecule has 56 valence electrons. The molecule has 0 spiro atoms. The molecule has 0 aromatic carbocycles. The highest BCUT2D eigenvalue weighted by Crippen LogP contribution is 2.06. The molecule has 0 fully saturated rings. The van der Waals surface area contributed by atoms with Gasteiger partial charge in [0.1, 0.15) is 5.75 Å². The molecule has 1 aromatic heterocycles. The van der Waals surface area contributed by atoms with Crippen molar-refractivity contribution < 1.29 is 16.7 Å². The number of furan rings is 1. The van der Waals surface area contributed by atoms with Crippen LogP contribution in [0, 0.1) is 0 Å². The van der Waals surface area contributed by atoms with E-state index < -0.39 is 16.0 Å².